The molecule has 2 aromatic carbocycles. The van der Waals surface area contributed by atoms with E-state index < -0.39 is 5.54 Å². The summed E-state index contributed by atoms with van der Waals surface area (Å²) in [5, 5.41) is 2.97. The third kappa shape index (κ3) is 3.85. The van der Waals surface area contributed by atoms with Gasteiger partial charge in [-0.15, -0.1) is 0 Å². The van der Waals surface area contributed by atoms with Gasteiger partial charge in [-0.2, -0.15) is 0 Å². The summed E-state index contributed by atoms with van der Waals surface area (Å²) in [6.45, 7) is 8.91. The van der Waals surface area contributed by atoms with Crippen LogP contribution in [0.15, 0.2) is 54.6 Å². The van der Waals surface area contributed by atoms with Crippen LogP contribution in [0.1, 0.15) is 30.0 Å². The molecule has 6 nitrogen and oxygen atoms in total. The molecule has 0 aromatic heterocycles. The number of aryl methyl sites for hydroxylation is 1. The SMILES string of the molecule is CC[C@@]1(c2ccccc2)NC(=O)N(CN2CCN(Cc3ccccc3C)CC2)C1=O. The van der Waals surface area contributed by atoms with Gasteiger partial charge in [0.2, 0.25) is 0 Å². The van der Waals surface area contributed by atoms with Gasteiger partial charge in [-0.3, -0.25) is 14.6 Å². The fourth-order valence-electron chi connectivity index (χ4n) is 4.43. The lowest BCUT2D eigenvalue weighted by Gasteiger charge is -2.36. The van der Waals surface area contributed by atoms with Gasteiger partial charge in [0, 0.05) is 32.7 Å². The minimum atomic E-state index is -0.953. The van der Waals surface area contributed by atoms with Crippen molar-refractivity contribution in [3.05, 3.63) is 71.3 Å². The minimum absolute atomic E-state index is 0.150. The zero-order valence-corrected chi connectivity index (χ0v) is 17.8. The van der Waals surface area contributed by atoms with Crippen LogP contribution in [0.4, 0.5) is 4.79 Å². The lowest BCUT2D eigenvalue weighted by molar-refractivity contribution is -0.133. The molecule has 0 spiro atoms. The van der Waals surface area contributed by atoms with Crippen molar-refractivity contribution >= 4 is 11.9 Å². The maximum atomic E-state index is 13.3. The number of rotatable bonds is 6. The van der Waals surface area contributed by atoms with E-state index in [1.165, 1.54) is 16.0 Å². The number of nitrogens with one attached hydrogen (secondary N) is 1. The second-order valence-electron chi connectivity index (χ2n) is 8.25. The Morgan fingerprint density at radius 2 is 1.53 bits per heavy atom. The van der Waals surface area contributed by atoms with Crippen molar-refractivity contribution in [3.8, 4) is 0 Å². The van der Waals surface area contributed by atoms with Gasteiger partial charge >= 0.3 is 6.03 Å². The Morgan fingerprint density at radius 1 is 0.900 bits per heavy atom. The highest BCUT2D eigenvalue weighted by molar-refractivity contribution is 6.07. The van der Waals surface area contributed by atoms with Crippen LogP contribution in [-0.2, 0) is 16.9 Å². The van der Waals surface area contributed by atoms with Gasteiger partial charge in [0.05, 0.1) is 6.67 Å². The maximum Gasteiger partial charge on any atom is 0.326 e. The maximum absolute atomic E-state index is 13.3. The van der Waals surface area contributed by atoms with Gasteiger partial charge < -0.3 is 5.32 Å². The predicted molar refractivity (Wildman–Crippen MR) is 117 cm³/mol. The van der Waals surface area contributed by atoms with E-state index >= 15 is 0 Å². The van der Waals surface area contributed by atoms with Crippen LogP contribution in [0, 0.1) is 6.92 Å². The zero-order chi connectivity index (χ0) is 21.1. The number of carbonyl (C=O) groups excluding carboxylic acids is 2. The highest BCUT2D eigenvalue weighted by Crippen LogP contribution is 2.32. The molecule has 1 N–H and O–H groups in total. The van der Waals surface area contributed by atoms with E-state index in [9.17, 15) is 9.59 Å². The molecule has 1 atom stereocenters. The number of hydrogen-bond donors (Lipinski definition) is 1. The summed E-state index contributed by atoms with van der Waals surface area (Å²) in [5.41, 5.74) is 2.56. The second-order valence-corrected chi connectivity index (χ2v) is 8.25. The summed E-state index contributed by atoms with van der Waals surface area (Å²) in [6.07, 6.45) is 0.530. The Morgan fingerprint density at radius 3 is 2.20 bits per heavy atom. The molecule has 0 radical (unpaired) electrons. The summed E-state index contributed by atoms with van der Waals surface area (Å²) < 4.78 is 0. The number of urea groups is 1. The van der Waals surface area contributed by atoms with Crippen molar-refractivity contribution in [1.29, 1.82) is 0 Å². The lowest BCUT2D eigenvalue weighted by atomic mass is 9.87. The minimum Gasteiger partial charge on any atom is -0.319 e. The Hall–Kier alpha value is -2.70. The number of carbonyl (C=O) groups is 2. The molecule has 6 heteroatoms. The molecule has 158 valence electrons. The molecule has 2 aliphatic heterocycles. The van der Waals surface area contributed by atoms with Gasteiger partial charge in [0.1, 0.15) is 5.54 Å². The summed E-state index contributed by atoms with van der Waals surface area (Å²) in [7, 11) is 0. The molecule has 0 bridgehead atoms. The first kappa shape index (κ1) is 20.6. The van der Waals surface area contributed by atoms with Crippen molar-refractivity contribution in [3.63, 3.8) is 0 Å². The molecular weight excluding hydrogens is 376 g/mol. The summed E-state index contributed by atoms with van der Waals surface area (Å²) >= 11 is 0. The van der Waals surface area contributed by atoms with Gasteiger partial charge in [0.25, 0.3) is 5.91 Å². The normalized spacial score (nSPS) is 23.1. The number of piperazine rings is 1. The van der Waals surface area contributed by atoms with Crippen molar-refractivity contribution in [2.45, 2.75) is 32.4 Å². The molecule has 2 aliphatic rings. The molecule has 2 heterocycles. The van der Waals surface area contributed by atoms with Crippen LogP contribution >= 0.6 is 0 Å². The highest BCUT2D eigenvalue weighted by Gasteiger charge is 2.51. The third-order valence-corrected chi connectivity index (χ3v) is 6.43. The molecule has 2 fully saturated rings. The number of amides is 3. The largest absolute Gasteiger partial charge is 0.326 e. The molecular formula is C24H30N4O2. The van der Waals surface area contributed by atoms with E-state index in [0.29, 0.717) is 13.1 Å². The molecule has 0 unspecified atom stereocenters. The number of hydrogen-bond acceptors (Lipinski definition) is 4. The average molecular weight is 407 g/mol. The van der Waals surface area contributed by atoms with Crippen molar-refractivity contribution in [2.75, 3.05) is 32.8 Å². The lowest BCUT2D eigenvalue weighted by Crippen LogP contribution is -2.51. The molecule has 0 aliphatic carbocycles. The Balaban J connectivity index is 1.38. The standard InChI is InChI=1S/C24H30N4O2/c1-3-24(21-11-5-4-6-12-21)22(29)28(23(30)25-24)18-27-15-13-26(14-16-27)17-20-10-8-7-9-19(20)2/h4-12H,3,13-18H2,1-2H3,(H,25,30)/t24-/m0/s1. The van der Waals surface area contributed by atoms with Gasteiger partial charge in [-0.05, 0) is 30.0 Å². The first-order valence-electron chi connectivity index (χ1n) is 10.7. The van der Waals surface area contributed by atoms with Gasteiger partial charge in [0.15, 0.2) is 0 Å². The zero-order valence-electron chi connectivity index (χ0n) is 17.8. The summed E-state index contributed by atoms with van der Waals surface area (Å²) in [5.74, 6) is -0.150. The van der Waals surface area contributed by atoms with E-state index in [0.717, 1.165) is 38.3 Å². The van der Waals surface area contributed by atoms with Crippen LogP contribution in [0.3, 0.4) is 0 Å². The highest BCUT2D eigenvalue weighted by atomic mass is 16.2. The molecule has 3 amide bonds. The Bertz CT molecular complexity index is 908. The molecule has 0 saturated carbocycles. The molecule has 4 rings (SSSR count). The van der Waals surface area contributed by atoms with Crippen LogP contribution in [0.2, 0.25) is 0 Å². The first-order valence-corrected chi connectivity index (χ1v) is 10.7. The van der Waals surface area contributed by atoms with E-state index in [2.05, 4.69) is 46.3 Å². The van der Waals surface area contributed by atoms with E-state index in [-0.39, 0.29) is 11.9 Å². The van der Waals surface area contributed by atoms with Crippen molar-refractivity contribution in [2.24, 2.45) is 0 Å². The predicted octanol–water partition coefficient (Wildman–Crippen LogP) is 2.93. The van der Waals surface area contributed by atoms with Crippen molar-refractivity contribution < 1.29 is 9.59 Å². The number of benzene rings is 2. The number of nitrogens with zero attached hydrogens (tertiary/aromatic N) is 3. The number of imide groups is 1. The average Bonchev–Trinajstić information content (AvgIpc) is 3.02. The first-order chi connectivity index (χ1) is 14.5. The fourth-order valence-corrected chi connectivity index (χ4v) is 4.43. The van der Waals surface area contributed by atoms with Crippen LogP contribution in [0.5, 0.6) is 0 Å². The van der Waals surface area contributed by atoms with Gasteiger partial charge in [-0.1, -0.05) is 61.5 Å². The summed E-state index contributed by atoms with van der Waals surface area (Å²) in [6, 6.07) is 17.7. The van der Waals surface area contributed by atoms with Crippen LogP contribution < -0.4 is 5.32 Å². The van der Waals surface area contributed by atoms with Crippen LogP contribution in [-0.4, -0.2) is 59.5 Å². The molecule has 2 saturated heterocycles. The monoisotopic (exact) mass is 406 g/mol. The van der Waals surface area contributed by atoms with Crippen LogP contribution in [0.25, 0.3) is 0 Å². The molecule has 2 aromatic rings. The van der Waals surface area contributed by atoms with E-state index in [1.807, 2.05) is 37.3 Å². The topological polar surface area (TPSA) is 55.9 Å². The quantitative estimate of drug-likeness (QED) is 0.750. The smallest absolute Gasteiger partial charge is 0.319 e. The van der Waals surface area contributed by atoms with E-state index in [4.69, 9.17) is 0 Å². The third-order valence-electron chi connectivity index (χ3n) is 6.43. The van der Waals surface area contributed by atoms with Crippen molar-refractivity contribution in [1.82, 2.24) is 20.0 Å². The van der Waals surface area contributed by atoms with Gasteiger partial charge in [-0.25, -0.2) is 9.69 Å². The fraction of sp³-hybridized carbons (Fsp3) is 0.417. The Labute approximate surface area is 178 Å². The second kappa shape index (κ2) is 8.58. The molecule has 30 heavy (non-hydrogen) atoms. The Kier molecular flexibility index (Phi) is 5.88. The van der Waals surface area contributed by atoms with E-state index in [1.54, 1.807) is 0 Å². The summed E-state index contributed by atoms with van der Waals surface area (Å²) in [4.78, 5) is 32.0.